The van der Waals surface area contributed by atoms with Crippen LogP contribution in [-0.2, 0) is 0 Å². The fourth-order valence-corrected chi connectivity index (χ4v) is 0.709. The molecule has 0 spiro atoms. The van der Waals surface area contributed by atoms with E-state index in [-0.39, 0.29) is 56.0 Å². The molecule has 0 saturated heterocycles. The Morgan fingerprint density at radius 3 is 0.679 bits per heavy atom. The van der Waals surface area contributed by atoms with Crippen LogP contribution in [0.5, 0.6) is 0 Å². The van der Waals surface area contributed by atoms with Gasteiger partial charge in [0.15, 0.2) is 0 Å². The number of nitrogens with zero attached hydrogens (tertiary/aromatic N) is 9. The normalized spacial score (nSPS) is 11.4. The van der Waals surface area contributed by atoms with Gasteiger partial charge in [0, 0.05) is 0 Å². The molecule has 0 atom stereocenters. The molecule has 0 aromatic rings. The second-order valence-electron chi connectivity index (χ2n) is 7.52. The summed E-state index contributed by atoms with van der Waals surface area (Å²) in [5.74, 6) is 0. The molecule has 10 heteroatoms. The second-order valence-corrected chi connectivity index (χ2v) is 7.52. The molecule has 0 saturated carbocycles. The van der Waals surface area contributed by atoms with Crippen LogP contribution in [0.2, 0.25) is 0 Å². The second kappa shape index (κ2) is 23.9. The fraction of sp³-hybridized carbons (Fsp3) is 1.00. The summed E-state index contributed by atoms with van der Waals surface area (Å²) < 4.78 is 0. The summed E-state index contributed by atoms with van der Waals surface area (Å²) in [4.78, 5) is 0. The van der Waals surface area contributed by atoms with E-state index in [1.165, 1.54) is 0 Å². The van der Waals surface area contributed by atoms with Gasteiger partial charge < -0.3 is 31.6 Å². The van der Waals surface area contributed by atoms with Crippen LogP contribution in [0.25, 0.3) is 16.3 Å². The van der Waals surface area contributed by atoms with Crippen LogP contribution in [0.15, 0.2) is 31.0 Å². The molecule has 9 nitrogen and oxygen atoms in total. The van der Waals surface area contributed by atoms with E-state index in [1.54, 1.807) is 0 Å². The smallest absolute Gasteiger partial charge is 0.379 e. The Kier molecular flexibility index (Phi) is 29.3. The third kappa shape index (κ3) is 49.8. The summed E-state index contributed by atoms with van der Waals surface area (Å²) in [6, 6.07) is 1.54. The quantitative estimate of drug-likeness (QED) is 0.198. The van der Waals surface area contributed by atoms with Crippen LogP contribution in [-0.4, -0.2) is 56.0 Å². The van der Waals surface area contributed by atoms with E-state index in [2.05, 4.69) is 47.3 Å². The maximum absolute atomic E-state index is 3.82. The van der Waals surface area contributed by atoms with Crippen molar-refractivity contribution >= 4 is 19.8 Å². The van der Waals surface area contributed by atoms with Gasteiger partial charge in [-0.05, 0) is 36.3 Å². The third-order valence-electron chi connectivity index (χ3n) is 1.70. The first-order valence-corrected chi connectivity index (χ1v) is 9.68. The van der Waals surface area contributed by atoms with Crippen molar-refractivity contribution in [2.24, 2.45) is 31.0 Å². The van der Waals surface area contributed by atoms with Crippen molar-refractivity contribution in [2.75, 3.05) is 0 Å². The van der Waals surface area contributed by atoms with Crippen molar-refractivity contribution in [1.29, 1.82) is 0 Å². The molecule has 0 N–H and O–H groups in total. The SMILES string of the molecule is CC(C)N=N[N-]C(C)C.CC(C)N=N[N-]C(C)C.CC(C)N=N[N-]C(C)C.[Ga+3]. The minimum Gasteiger partial charge on any atom is -0.379 e. The van der Waals surface area contributed by atoms with Gasteiger partial charge in [0.2, 0.25) is 0 Å². The third-order valence-corrected chi connectivity index (χ3v) is 1.70. The monoisotopic (exact) mass is 453 g/mol. The van der Waals surface area contributed by atoms with Crippen molar-refractivity contribution in [3.05, 3.63) is 16.3 Å². The Morgan fingerprint density at radius 2 is 0.571 bits per heavy atom. The van der Waals surface area contributed by atoms with Gasteiger partial charge in [0.1, 0.15) is 0 Å². The van der Waals surface area contributed by atoms with Gasteiger partial charge in [0.25, 0.3) is 0 Å². The van der Waals surface area contributed by atoms with E-state index in [0.29, 0.717) is 0 Å². The van der Waals surface area contributed by atoms with Gasteiger partial charge in [-0.2, -0.15) is 0 Å². The Morgan fingerprint density at radius 1 is 0.393 bits per heavy atom. The Hall–Kier alpha value is -1.16. The largest absolute Gasteiger partial charge is 3.00 e. The molecule has 162 valence electrons. The fourth-order valence-electron chi connectivity index (χ4n) is 0.709. The van der Waals surface area contributed by atoms with Crippen molar-refractivity contribution in [1.82, 2.24) is 0 Å². The van der Waals surface area contributed by atoms with E-state index in [0.717, 1.165) is 0 Å². The summed E-state index contributed by atoms with van der Waals surface area (Å²) >= 11 is 0. The van der Waals surface area contributed by atoms with E-state index in [4.69, 9.17) is 0 Å². The van der Waals surface area contributed by atoms with Crippen LogP contribution in [0.4, 0.5) is 0 Å². The van der Waals surface area contributed by atoms with Crippen LogP contribution in [0.1, 0.15) is 83.1 Å². The van der Waals surface area contributed by atoms with Gasteiger partial charge in [-0.25, -0.2) is 0 Å². The average molecular weight is 454 g/mol. The van der Waals surface area contributed by atoms with Crippen molar-refractivity contribution in [3.63, 3.8) is 0 Å². The van der Waals surface area contributed by atoms with E-state index >= 15 is 0 Å². The molecular weight excluding hydrogens is 412 g/mol. The predicted octanol–water partition coefficient (Wildman–Crippen LogP) is 7.25. The summed E-state index contributed by atoms with van der Waals surface area (Å²) in [6.45, 7) is 23.7. The van der Waals surface area contributed by atoms with Crippen molar-refractivity contribution < 1.29 is 0 Å². The summed E-state index contributed by atoms with van der Waals surface area (Å²) in [6.07, 6.45) is 0. The Balaban J connectivity index is -0.000000152. The molecule has 0 aliphatic heterocycles. The summed E-state index contributed by atoms with van der Waals surface area (Å²) in [5.41, 5.74) is 11.5. The molecule has 0 aromatic carbocycles. The van der Waals surface area contributed by atoms with Crippen LogP contribution < -0.4 is 0 Å². The van der Waals surface area contributed by atoms with E-state index in [9.17, 15) is 0 Å². The first kappa shape index (κ1) is 34.4. The van der Waals surface area contributed by atoms with Crippen LogP contribution in [0, 0.1) is 0 Å². The maximum Gasteiger partial charge on any atom is 3.00 e. The van der Waals surface area contributed by atoms with Crippen LogP contribution in [0.3, 0.4) is 0 Å². The van der Waals surface area contributed by atoms with Crippen LogP contribution >= 0.6 is 0 Å². The average Bonchev–Trinajstić information content (AvgIpc) is 2.46. The maximum atomic E-state index is 3.82. The van der Waals surface area contributed by atoms with Gasteiger partial charge in [-0.15, -0.1) is 0 Å². The first-order valence-electron chi connectivity index (χ1n) is 9.68. The topological polar surface area (TPSA) is 116 Å². The summed E-state index contributed by atoms with van der Waals surface area (Å²) in [5, 5.41) is 22.3. The molecule has 0 aliphatic carbocycles. The first-order chi connectivity index (χ1) is 12.4. The molecule has 0 aromatic heterocycles. The van der Waals surface area contributed by atoms with E-state index in [1.807, 2.05) is 83.1 Å². The zero-order chi connectivity index (χ0) is 21.8. The Bertz CT molecular complexity index is 322. The molecule has 0 aliphatic rings. The number of hydrogen-bond acceptors (Lipinski definition) is 6. The molecule has 0 rings (SSSR count). The minimum atomic E-state index is 0. The summed E-state index contributed by atoms with van der Waals surface area (Å²) in [7, 11) is 0. The standard InChI is InChI=1S/3C6H14N3.Ga/c3*1-5(2)7-9-8-6(3)4;/h3*5-6H,1-4H3;/q3*-1;+3. The number of hydrogen-bond donors (Lipinski definition) is 0. The predicted molar refractivity (Wildman–Crippen MR) is 121 cm³/mol. The zero-order valence-corrected chi connectivity index (χ0v) is 22.5. The molecule has 0 bridgehead atoms. The molecule has 0 heterocycles. The molecule has 0 fully saturated rings. The molecule has 0 unspecified atom stereocenters. The van der Waals surface area contributed by atoms with Gasteiger partial charge >= 0.3 is 19.8 Å². The zero-order valence-electron chi connectivity index (χ0n) is 20.1. The van der Waals surface area contributed by atoms with Gasteiger partial charge in [-0.1, -0.05) is 83.1 Å². The molecular formula is C18H42GaN9. The van der Waals surface area contributed by atoms with Crippen molar-refractivity contribution in [3.8, 4) is 0 Å². The van der Waals surface area contributed by atoms with Gasteiger partial charge in [0.05, 0.1) is 0 Å². The molecule has 28 heavy (non-hydrogen) atoms. The molecule has 0 amide bonds. The van der Waals surface area contributed by atoms with E-state index < -0.39 is 0 Å². The van der Waals surface area contributed by atoms with Gasteiger partial charge in [-0.3, -0.25) is 15.7 Å². The minimum absolute atomic E-state index is 0. The number of rotatable bonds is 9. The van der Waals surface area contributed by atoms with Crippen molar-refractivity contribution in [2.45, 2.75) is 119 Å². The molecule has 0 radical (unpaired) electrons. The Labute approximate surface area is 186 Å².